The first-order valence-electron chi connectivity index (χ1n) is 6.62. The van der Waals surface area contributed by atoms with Crippen LogP contribution in [0.2, 0.25) is 0 Å². The van der Waals surface area contributed by atoms with Gasteiger partial charge in [0.2, 0.25) is 5.91 Å². The molecule has 0 fully saturated rings. The van der Waals surface area contributed by atoms with Gasteiger partial charge in [0, 0.05) is 13.6 Å². The molecule has 0 atom stereocenters. The van der Waals surface area contributed by atoms with Crippen molar-refractivity contribution in [2.24, 2.45) is 0 Å². The van der Waals surface area contributed by atoms with Crippen molar-refractivity contribution < 1.29 is 14.7 Å². The number of hydrogen-bond donors (Lipinski definition) is 1. The van der Waals surface area contributed by atoms with Crippen LogP contribution in [0.3, 0.4) is 0 Å². The average molecular weight is 261 g/mol. The molecule has 1 amide bonds. The van der Waals surface area contributed by atoms with Crippen LogP contribution in [0.1, 0.15) is 29.5 Å². The molecule has 102 valence electrons. The molecule has 2 rings (SSSR count). The number of carbonyl (C=O) groups is 2. The number of amides is 1. The van der Waals surface area contributed by atoms with Gasteiger partial charge in [-0.05, 0) is 42.4 Å². The van der Waals surface area contributed by atoms with Crippen LogP contribution in [0.5, 0.6) is 0 Å². The van der Waals surface area contributed by atoms with Crippen molar-refractivity contribution in [3.63, 3.8) is 0 Å². The maximum Gasteiger partial charge on any atom is 0.312 e. The third-order valence-corrected chi connectivity index (χ3v) is 3.63. The Balaban J connectivity index is 1.88. The minimum atomic E-state index is -1.07. The second-order valence-electron chi connectivity index (χ2n) is 5.09. The number of fused-ring (bicyclic) bond motifs is 1. The summed E-state index contributed by atoms with van der Waals surface area (Å²) in [5, 5.41) is 8.58. The first-order chi connectivity index (χ1) is 9.06. The molecular formula is C15H19NO3. The Bertz CT molecular complexity index is 496. The van der Waals surface area contributed by atoms with Gasteiger partial charge in [0.05, 0.1) is 0 Å². The minimum absolute atomic E-state index is 0.339. The molecule has 0 radical (unpaired) electrons. The number of hydrogen-bond acceptors (Lipinski definition) is 2. The Kier molecular flexibility index (Phi) is 4.20. The highest BCUT2D eigenvalue weighted by Gasteiger charge is 2.14. The summed E-state index contributed by atoms with van der Waals surface area (Å²) in [6, 6.07) is 6.51. The van der Waals surface area contributed by atoms with E-state index < -0.39 is 12.4 Å². The van der Waals surface area contributed by atoms with Crippen molar-refractivity contribution in [3.8, 4) is 0 Å². The number of carbonyl (C=O) groups excluding carboxylic acids is 1. The van der Waals surface area contributed by atoms with Gasteiger partial charge in [-0.1, -0.05) is 18.2 Å². The standard InChI is InChI=1S/C15H19NO3/c1-16(14(17)10-15(18)19)8-7-11-5-6-12-3-2-4-13(12)9-11/h5-6,9H,2-4,7-8,10H2,1H3,(H,18,19). The lowest BCUT2D eigenvalue weighted by Crippen LogP contribution is -2.30. The number of aliphatic carboxylic acids is 1. The maximum atomic E-state index is 11.5. The highest BCUT2D eigenvalue weighted by Crippen LogP contribution is 2.23. The summed E-state index contributed by atoms with van der Waals surface area (Å²) in [5.41, 5.74) is 4.09. The SMILES string of the molecule is CN(CCc1ccc2c(c1)CCC2)C(=O)CC(=O)O. The monoisotopic (exact) mass is 261 g/mol. The molecular weight excluding hydrogens is 242 g/mol. The summed E-state index contributed by atoms with van der Waals surface area (Å²) in [6.45, 7) is 0.560. The second kappa shape index (κ2) is 5.87. The third-order valence-electron chi connectivity index (χ3n) is 3.63. The van der Waals surface area contributed by atoms with Crippen LogP contribution < -0.4 is 0 Å². The van der Waals surface area contributed by atoms with Crippen LogP contribution in [0, 0.1) is 0 Å². The number of benzene rings is 1. The van der Waals surface area contributed by atoms with E-state index in [1.165, 1.54) is 34.4 Å². The van der Waals surface area contributed by atoms with Crippen molar-refractivity contribution >= 4 is 11.9 Å². The lowest BCUT2D eigenvalue weighted by atomic mass is 10.0. The largest absolute Gasteiger partial charge is 0.481 e. The molecule has 1 aromatic carbocycles. The molecule has 4 heteroatoms. The van der Waals surface area contributed by atoms with Crippen molar-refractivity contribution in [3.05, 3.63) is 34.9 Å². The quantitative estimate of drug-likeness (QED) is 0.820. The molecule has 1 aliphatic carbocycles. The summed E-state index contributed by atoms with van der Waals surface area (Å²) in [5.74, 6) is -1.41. The van der Waals surface area contributed by atoms with Gasteiger partial charge >= 0.3 is 5.97 Å². The molecule has 0 heterocycles. The third kappa shape index (κ3) is 3.56. The maximum absolute atomic E-state index is 11.5. The smallest absolute Gasteiger partial charge is 0.312 e. The predicted octanol–water partition coefficient (Wildman–Crippen LogP) is 1.65. The summed E-state index contributed by atoms with van der Waals surface area (Å²) >= 11 is 0. The zero-order chi connectivity index (χ0) is 13.8. The molecule has 0 aromatic heterocycles. The van der Waals surface area contributed by atoms with E-state index in [4.69, 9.17) is 5.11 Å². The molecule has 0 aliphatic heterocycles. The van der Waals surface area contributed by atoms with E-state index in [1.54, 1.807) is 7.05 Å². The minimum Gasteiger partial charge on any atom is -0.481 e. The van der Waals surface area contributed by atoms with Gasteiger partial charge in [0.1, 0.15) is 6.42 Å². The Morgan fingerprint density at radius 3 is 2.74 bits per heavy atom. The molecule has 4 nitrogen and oxygen atoms in total. The summed E-state index contributed by atoms with van der Waals surface area (Å²) < 4.78 is 0. The Morgan fingerprint density at radius 2 is 2.00 bits per heavy atom. The fourth-order valence-corrected chi connectivity index (χ4v) is 2.47. The molecule has 0 bridgehead atoms. The topological polar surface area (TPSA) is 57.6 Å². The fourth-order valence-electron chi connectivity index (χ4n) is 2.47. The van der Waals surface area contributed by atoms with Gasteiger partial charge < -0.3 is 10.0 Å². The number of carboxylic acids is 1. The van der Waals surface area contributed by atoms with E-state index in [1.807, 2.05) is 0 Å². The molecule has 1 aliphatic rings. The number of rotatable bonds is 5. The van der Waals surface area contributed by atoms with Crippen LogP contribution in [-0.4, -0.2) is 35.5 Å². The highest BCUT2D eigenvalue weighted by molar-refractivity contribution is 5.93. The van der Waals surface area contributed by atoms with E-state index in [-0.39, 0.29) is 5.91 Å². The summed E-state index contributed by atoms with van der Waals surface area (Å²) in [4.78, 5) is 23.5. The van der Waals surface area contributed by atoms with Crippen molar-refractivity contribution in [1.29, 1.82) is 0 Å². The molecule has 0 saturated heterocycles. The van der Waals surface area contributed by atoms with Crippen molar-refractivity contribution in [2.75, 3.05) is 13.6 Å². The Hall–Kier alpha value is -1.84. The van der Waals surface area contributed by atoms with Crippen LogP contribution in [0.25, 0.3) is 0 Å². The first-order valence-corrected chi connectivity index (χ1v) is 6.62. The van der Waals surface area contributed by atoms with Crippen molar-refractivity contribution in [2.45, 2.75) is 32.1 Å². The fraction of sp³-hybridized carbons (Fsp3) is 0.467. The zero-order valence-corrected chi connectivity index (χ0v) is 11.2. The first kappa shape index (κ1) is 13.6. The normalized spacial score (nSPS) is 13.1. The summed E-state index contributed by atoms with van der Waals surface area (Å²) in [7, 11) is 1.65. The summed E-state index contributed by atoms with van der Waals surface area (Å²) in [6.07, 6.45) is 3.90. The number of aryl methyl sites for hydroxylation is 2. The lowest BCUT2D eigenvalue weighted by molar-refractivity contribution is -0.143. The molecule has 1 aromatic rings. The van der Waals surface area contributed by atoms with Gasteiger partial charge in [-0.25, -0.2) is 0 Å². The van der Waals surface area contributed by atoms with Crippen molar-refractivity contribution in [1.82, 2.24) is 4.90 Å². The van der Waals surface area contributed by atoms with Gasteiger partial charge in [0.15, 0.2) is 0 Å². The number of likely N-dealkylation sites (N-methyl/N-ethyl adjacent to an activating group) is 1. The highest BCUT2D eigenvalue weighted by atomic mass is 16.4. The number of nitrogens with zero attached hydrogens (tertiary/aromatic N) is 1. The van der Waals surface area contributed by atoms with Crippen LogP contribution in [-0.2, 0) is 28.9 Å². The molecule has 0 unspecified atom stereocenters. The molecule has 1 N–H and O–H groups in total. The van der Waals surface area contributed by atoms with Crippen LogP contribution in [0.4, 0.5) is 0 Å². The number of carboxylic acid groups (broad SMARTS) is 1. The van der Waals surface area contributed by atoms with Crippen LogP contribution in [0.15, 0.2) is 18.2 Å². The molecule has 19 heavy (non-hydrogen) atoms. The van der Waals surface area contributed by atoms with E-state index in [0.29, 0.717) is 6.54 Å². The average Bonchev–Trinajstić information content (AvgIpc) is 2.82. The van der Waals surface area contributed by atoms with Gasteiger partial charge in [-0.15, -0.1) is 0 Å². The lowest BCUT2D eigenvalue weighted by Gasteiger charge is -2.16. The van der Waals surface area contributed by atoms with Gasteiger partial charge in [-0.2, -0.15) is 0 Å². The van der Waals surface area contributed by atoms with E-state index >= 15 is 0 Å². The Labute approximate surface area is 113 Å². The van der Waals surface area contributed by atoms with Crippen LogP contribution >= 0.6 is 0 Å². The molecule has 0 spiro atoms. The van der Waals surface area contributed by atoms with Gasteiger partial charge in [0.25, 0.3) is 0 Å². The van der Waals surface area contributed by atoms with E-state index in [0.717, 1.165) is 12.8 Å². The second-order valence-corrected chi connectivity index (χ2v) is 5.09. The zero-order valence-electron chi connectivity index (χ0n) is 11.2. The van der Waals surface area contributed by atoms with E-state index in [9.17, 15) is 9.59 Å². The van der Waals surface area contributed by atoms with Gasteiger partial charge in [-0.3, -0.25) is 9.59 Å². The predicted molar refractivity (Wildman–Crippen MR) is 72.1 cm³/mol. The molecule has 0 saturated carbocycles. The van der Waals surface area contributed by atoms with E-state index in [2.05, 4.69) is 18.2 Å². The Morgan fingerprint density at radius 1 is 1.26 bits per heavy atom.